The molecule has 1 aromatic rings. The smallest absolute Gasteiger partial charge is 0.339 e. The molecule has 1 unspecified atom stereocenters. The largest absolute Gasteiger partial charge is 0.478 e. The van der Waals surface area contributed by atoms with Crippen molar-refractivity contribution in [3.8, 4) is 0 Å². The Morgan fingerprint density at radius 2 is 2.36 bits per heavy atom. The van der Waals surface area contributed by atoms with Crippen molar-refractivity contribution in [3.05, 3.63) is 17.5 Å². The lowest BCUT2D eigenvalue weighted by Gasteiger charge is -2.02. The minimum Gasteiger partial charge on any atom is -0.478 e. The molecule has 1 heterocycles. The van der Waals surface area contributed by atoms with Crippen LogP contribution in [0.1, 0.15) is 29.4 Å². The Balaban J connectivity index is 2.71. The molecule has 78 valence electrons. The summed E-state index contributed by atoms with van der Waals surface area (Å²) in [7, 11) is 0. The molecule has 0 aliphatic heterocycles. The summed E-state index contributed by atoms with van der Waals surface area (Å²) >= 11 is 0. The summed E-state index contributed by atoms with van der Waals surface area (Å²) in [6.45, 7) is 3.88. The lowest BCUT2D eigenvalue weighted by Crippen LogP contribution is -2.07. The second kappa shape index (κ2) is 4.23. The highest BCUT2D eigenvalue weighted by Gasteiger charge is 2.11. The van der Waals surface area contributed by atoms with Gasteiger partial charge in [-0.3, -0.25) is 4.68 Å². The summed E-state index contributed by atoms with van der Waals surface area (Å²) in [6.07, 6.45) is 1.66. The Kier molecular flexibility index (Phi) is 3.24. The quantitative estimate of drug-likeness (QED) is 0.745. The molecular formula is C9H14N2O3. The predicted octanol–water partition coefficient (Wildman–Crippen LogP) is 0.661. The van der Waals surface area contributed by atoms with Crippen molar-refractivity contribution < 1.29 is 15.0 Å². The molecule has 0 saturated carbocycles. The summed E-state index contributed by atoms with van der Waals surface area (Å²) in [4.78, 5) is 10.7. The van der Waals surface area contributed by atoms with E-state index in [2.05, 4.69) is 5.10 Å². The molecule has 2 N–H and O–H groups in total. The van der Waals surface area contributed by atoms with Crippen LogP contribution in [0.15, 0.2) is 6.20 Å². The highest BCUT2D eigenvalue weighted by molar-refractivity contribution is 5.88. The maximum atomic E-state index is 10.7. The van der Waals surface area contributed by atoms with Gasteiger partial charge in [0, 0.05) is 12.7 Å². The van der Waals surface area contributed by atoms with Crippen molar-refractivity contribution >= 4 is 5.97 Å². The molecule has 0 saturated heterocycles. The molecule has 0 fully saturated rings. The Hall–Kier alpha value is -1.36. The van der Waals surface area contributed by atoms with Crippen LogP contribution in [0, 0.1) is 6.92 Å². The summed E-state index contributed by atoms with van der Waals surface area (Å²) in [5.74, 6) is -0.967. The molecule has 1 rings (SSSR count). The Bertz CT molecular complexity index is 331. The standard InChI is InChI=1S/C9H14N2O3/c1-6(12)3-4-11-5-8(9(13)14)7(2)10-11/h5-6,12H,3-4H2,1-2H3,(H,13,14). The molecule has 0 aliphatic carbocycles. The van der Waals surface area contributed by atoms with E-state index < -0.39 is 12.1 Å². The third-order valence-electron chi connectivity index (χ3n) is 1.95. The van der Waals surface area contributed by atoms with Gasteiger partial charge in [0.25, 0.3) is 0 Å². The van der Waals surface area contributed by atoms with Gasteiger partial charge in [0.2, 0.25) is 0 Å². The molecule has 14 heavy (non-hydrogen) atoms. The first-order chi connectivity index (χ1) is 6.50. The Labute approximate surface area is 82.0 Å². The van der Waals surface area contributed by atoms with Crippen molar-refractivity contribution in [2.75, 3.05) is 0 Å². The highest BCUT2D eigenvalue weighted by Crippen LogP contribution is 2.06. The molecule has 0 aliphatic rings. The zero-order valence-electron chi connectivity index (χ0n) is 8.27. The second-order valence-corrected chi connectivity index (χ2v) is 3.33. The fourth-order valence-electron chi connectivity index (χ4n) is 1.16. The van der Waals surface area contributed by atoms with Gasteiger partial charge in [-0.25, -0.2) is 4.79 Å². The molecule has 0 spiro atoms. The molecule has 0 radical (unpaired) electrons. The van der Waals surface area contributed by atoms with Crippen LogP contribution in [0.5, 0.6) is 0 Å². The number of carboxylic acid groups (broad SMARTS) is 1. The van der Waals surface area contributed by atoms with Crippen LogP contribution in [0.3, 0.4) is 0 Å². The monoisotopic (exact) mass is 198 g/mol. The van der Waals surface area contributed by atoms with E-state index in [1.54, 1.807) is 18.5 Å². The van der Waals surface area contributed by atoms with Crippen LogP contribution in [0.4, 0.5) is 0 Å². The minimum atomic E-state index is -0.967. The lowest BCUT2D eigenvalue weighted by atomic mass is 10.3. The topological polar surface area (TPSA) is 75.3 Å². The molecular weight excluding hydrogens is 184 g/mol. The summed E-state index contributed by atoms with van der Waals surface area (Å²) in [5, 5.41) is 21.8. The predicted molar refractivity (Wildman–Crippen MR) is 50.2 cm³/mol. The first kappa shape index (κ1) is 10.7. The normalized spacial score (nSPS) is 12.8. The van der Waals surface area contributed by atoms with E-state index in [0.29, 0.717) is 18.7 Å². The zero-order chi connectivity index (χ0) is 10.7. The van der Waals surface area contributed by atoms with Crippen LogP contribution in [0.25, 0.3) is 0 Å². The number of carboxylic acids is 1. The first-order valence-corrected chi connectivity index (χ1v) is 4.46. The van der Waals surface area contributed by atoms with Gasteiger partial charge in [0.15, 0.2) is 0 Å². The number of hydrogen-bond acceptors (Lipinski definition) is 3. The van der Waals surface area contributed by atoms with E-state index in [1.807, 2.05) is 0 Å². The van der Waals surface area contributed by atoms with Crippen LogP contribution in [-0.2, 0) is 6.54 Å². The van der Waals surface area contributed by atoms with E-state index >= 15 is 0 Å². The number of aliphatic hydroxyl groups is 1. The van der Waals surface area contributed by atoms with Gasteiger partial charge >= 0.3 is 5.97 Å². The van der Waals surface area contributed by atoms with Crippen LogP contribution >= 0.6 is 0 Å². The molecule has 0 aromatic carbocycles. The number of rotatable bonds is 4. The first-order valence-electron chi connectivity index (χ1n) is 4.46. The molecule has 0 amide bonds. The second-order valence-electron chi connectivity index (χ2n) is 3.33. The number of nitrogens with zero attached hydrogens (tertiary/aromatic N) is 2. The van der Waals surface area contributed by atoms with Crippen LogP contribution in [0.2, 0.25) is 0 Å². The zero-order valence-corrected chi connectivity index (χ0v) is 8.27. The van der Waals surface area contributed by atoms with Gasteiger partial charge in [-0.1, -0.05) is 0 Å². The molecule has 5 nitrogen and oxygen atoms in total. The molecule has 1 atom stereocenters. The average molecular weight is 198 g/mol. The lowest BCUT2D eigenvalue weighted by molar-refractivity contribution is 0.0696. The van der Waals surface area contributed by atoms with Crippen molar-refractivity contribution in [2.24, 2.45) is 0 Å². The number of aromatic nitrogens is 2. The third-order valence-corrected chi connectivity index (χ3v) is 1.95. The number of carbonyl (C=O) groups is 1. The summed E-state index contributed by atoms with van der Waals surface area (Å²) in [5.41, 5.74) is 0.721. The number of aliphatic hydroxyl groups excluding tert-OH is 1. The van der Waals surface area contributed by atoms with E-state index in [0.717, 1.165) is 0 Å². The van der Waals surface area contributed by atoms with Crippen molar-refractivity contribution in [2.45, 2.75) is 32.9 Å². The maximum Gasteiger partial charge on any atom is 0.339 e. The molecule has 1 aromatic heterocycles. The van der Waals surface area contributed by atoms with Crippen molar-refractivity contribution in [1.29, 1.82) is 0 Å². The number of aryl methyl sites for hydroxylation is 2. The minimum absolute atomic E-state index is 0.218. The van der Waals surface area contributed by atoms with Gasteiger partial charge in [0.1, 0.15) is 5.56 Å². The SMILES string of the molecule is Cc1nn(CCC(C)O)cc1C(=O)O. The highest BCUT2D eigenvalue weighted by atomic mass is 16.4. The number of hydrogen-bond donors (Lipinski definition) is 2. The van der Waals surface area contributed by atoms with Crippen molar-refractivity contribution in [1.82, 2.24) is 9.78 Å². The summed E-state index contributed by atoms with van der Waals surface area (Å²) in [6, 6.07) is 0. The summed E-state index contributed by atoms with van der Waals surface area (Å²) < 4.78 is 1.55. The van der Waals surface area contributed by atoms with Gasteiger partial charge < -0.3 is 10.2 Å². The molecule has 0 bridgehead atoms. The van der Waals surface area contributed by atoms with Crippen LogP contribution in [-0.4, -0.2) is 32.1 Å². The van der Waals surface area contributed by atoms with E-state index in [1.165, 1.54) is 6.20 Å². The van der Waals surface area contributed by atoms with E-state index in [4.69, 9.17) is 10.2 Å². The van der Waals surface area contributed by atoms with E-state index in [-0.39, 0.29) is 5.56 Å². The van der Waals surface area contributed by atoms with Crippen LogP contribution < -0.4 is 0 Å². The van der Waals surface area contributed by atoms with E-state index in [9.17, 15) is 4.79 Å². The van der Waals surface area contributed by atoms with Gasteiger partial charge in [0.05, 0.1) is 11.8 Å². The number of aromatic carboxylic acids is 1. The average Bonchev–Trinajstić information content (AvgIpc) is 2.43. The maximum absolute atomic E-state index is 10.7. The van der Waals surface area contributed by atoms with Crippen molar-refractivity contribution in [3.63, 3.8) is 0 Å². The Morgan fingerprint density at radius 3 is 2.79 bits per heavy atom. The fourth-order valence-corrected chi connectivity index (χ4v) is 1.16. The fraction of sp³-hybridized carbons (Fsp3) is 0.556. The van der Waals surface area contributed by atoms with Gasteiger partial charge in [-0.15, -0.1) is 0 Å². The third kappa shape index (κ3) is 2.56. The Morgan fingerprint density at radius 1 is 1.71 bits per heavy atom. The van der Waals surface area contributed by atoms with Gasteiger partial charge in [-0.2, -0.15) is 5.10 Å². The molecule has 5 heteroatoms. The van der Waals surface area contributed by atoms with Gasteiger partial charge in [-0.05, 0) is 20.3 Å².